The second kappa shape index (κ2) is 7.32. The van der Waals surface area contributed by atoms with E-state index in [1.165, 1.54) is 5.56 Å². The highest BCUT2D eigenvalue weighted by Gasteiger charge is 2.28. The first kappa shape index (κ1) is 15.6. The van der Waals surface area contributed by atoms with Crippen LogP contribution in [-0.4, -0.2) is 23.4 Å². The quantitative estimate of drug-likeness (QED) is 0.860. The van der Waals surface area contributed by atoms with Gasteiger partial charge in [0.2, 0.25) is 5.91 Å². The van der Waals surface area contributed by atoms with Gasteiger partial charge in [-0.2, -0.15) is 0 Å². The molecule has 1 saturated heterocycles. The fourth-order valence-electron chi connectivity index (χ4n) is 3.41. The Balaban J connectivity index is 1.59. The van der Waals surface area contributed by atoms with Gasteiger partial charge in [-0.15, -0.1) is 0 Å². The van der Waals surface area contributed by atoms with E-state index < -0.39 is 0 Å². The van der Waals surface area contributed by atoms with Crippen molar-refractivity contribution in [3.8, 4) is 0 Å². The van der Waals surface area contributed by atoms with Crippen LogP contribution in [0.3, 0.4) is 0 Å². The molecule has 3 nitrogen and oxygen atoms in total. The Morgan fingerprint density at radius 3 is 2.61 bits per heavy atom. The van der Waals surface area contributed by atoms with Gasteiger partial charge in [-0.25, -0.2) is 0 Å². The fourth-order valence-corrected chi connectivity index (χ4v) is 3.41. The van der Waals surface area contributed by atoms with Crippen molar-refractivity contribution in [1.82, 2.24) is 4.90 Å². The van der Waals surface area contributed by atoms with E-state index in [0.29, 0.717) is 12.5 Å². The summed E-state index contributed by atoms with van der Waals surface area (Å²) in [6, 6.07) is 18.6. The van der Waals surface area contributed by atoms with Crippen molar-refractivity contribution in [1.29, 1.82) is 0 Å². The number of rotatable bonds is 5. The lowest BCUT2D eigenvalue weighted by Gasteiger charge is -2.25. The number of benzene rings is 2. The molecule has 0 bridgehead atoms. The van der Waals surface area contributed by atoms with E-state index in [9.17, 15) is 4.79 Å². The summed E-state index contributed by atoms with van der Waals surface area (Å²) in [5.74, 6) is 0.256. The van der Waals surface area contributed by atoms with Crippen LogP contribution in [0.25, 0.3) is 0 Å². The van der Waals surface area contributed by atoms with Gasteiger partial charge in [0.25, 0.3) is 0 Å². The predicted octanol–water partition coefficient (Wildman–Crippen LogP) is 3.44. The van der Waals surface area contributed by atoms with E-state index in [1.807, 2.05) is 30.3 Å². The summed E-state index contributed by atoms with van der Waals surface area (Å²) in [5, 5.41) is 0. The number of anilines is 1. The van der Waals surface area contributed by atoms with Crippen LogP contribution in [0, 0.1) is 0 Å². The standard InChI is InChI=1S/C20H24N2O/c21-19-11-5-4-9-17(19)12-13-20(23)22-14-6-10-18(22)15-16-7-2-1-3-8-16/h1-5,7-9,11,18H,6,10,12-15,21H2. The van der Waals surface area contributed by atoms with Crippen molar-refractivity contribution < 1.29 is 4.79 Å². The van der Waals surface area contributed by atoms with Gasteiger partial charge in [-0.05, 0) is 42.9 Å². The number of carbonyl (C=O) groups is 1. The minimum atomic E-state index is 0.256. The Morgan fingerprint density at radius 1 is 1.09 bits per heavy atom. The third kappa shape index (κ3) is 3.92. The van der Waals surface area contributed by atoms with E-state index in [0.717, 1.165) is 43.5 Å². The Bertz CT molecular complexity index is 654. The highest BCUT2D eigenvalue weighted by atomic mass is 16.2. The van der Waals surface area contributed by atoms with Crippen molar-refractivity contribution in [2.75, 3.05) is 12.3 Å². The number of likely N-dealkylation sites (tertiary alicyclic amines) is 1. The van der Waals surface area contributed by atoms with E-state index >= 15 is 0 Å². The molecule has 1 heterocycles. The summed E-state index contributed by atoms with van der Waals surface area (Å²) < 4.78 is 0. The maximum atomic E-state index is 12.6. The van der Waals surface area contributed by atoms with Gasteiger partial charge < -0.3 is 10.6 Å². The molecule has 1 fully saturated rings. The number of para-hydroxylation sites is 1. The van der Waals surface area contributed by atoms with Crippen LogP contribution in [0.15, 0.2) is 54.6 Å². The van der Waals surface area contributed by atoms with Crippen LogP contribution < -0.4 is 5.73 Å². The highest BCUT2D eigenvalue weighted by molar-refractivity contribution is 5.77. The molecule has 3 heteroatoms. The van der Waals surface area contributed by atoms with Gasteiger partial charge in [-0.3, -0.25) is 4.79 Å². The number of hydrogen-bond donors (Lipinski definition) is 1. The Morgan fingerprint density at radius 2 is 1.83 bits per heavy atom. The first-order valence-corrected chi connectivity index (χ1v) is 8.41. The first-order valence-electron chi connectivity index (χ1n) is 8.41. The number of nitrogens with two attached hydrogens (primary N) is 1. The van der Waals surface area contributed by atoms with Crippen molar-refractivity contribution >= 4 is 11.6 Å². The number of aryl methyl sites for hydroxylation is 1. The van der Waals surface area contributed by atoms with E-state index in [2.05, 4.69) is 29.2 Å². The van der Waals surface area contributed by atoms with Crippen LogP contribution in [0.1, 0.15) is 30.4 Å². The van der Waals surface area contributed by atoms with Crippen molar-refractivity contribution in [3.63, 3.8) is 0 Å². The van der Waals surface area contributed by atoms with E-state index in [-0.39, 0.29) is 5.91 Å². The number of hydrogen-bond acceptors (Lipinski definition) is 2. The lowest BCUT2D eigenvalue weighted by molar-refractivity contribution is -0.131. The minimum absolute atomic E-state index is 0.256. The summed E-state index contributed by atoms with van der Waals surface area (Å²) in [5.41, 5.74) is 9.12. The van der Waals surface area contributed by atoms with Crippen LogP contribution in [0.5, 0.6) is 0 Å². The molecule has 2 aromatic rings. The molecule has 3 rings (SSSR count). The Hall–Kier alpha value is -2.29. The smallest absolute Gasteiger partial charge is 0.223 e. The lowest BCUT2D eigenvalue weighted by atomic mass is 10.0. The van der Waals surface area contributed by atoms with Crippen molar-refractivity contribution in [2.24, 2.45) is 0 Å². The third-order valence-corrected chi connectivity index (χ3v) is 4.67. The van der Waals surface area contributed by atoms with Gasteiger partial charge in [0, 0.05) is 24.7 Å². The van der Waals surface area contributed by atoms with Crippen LogP contribution in [0.2, 0.25) is 0 Å². The average Bonchev–Trinajstić information content (AvgIpc) is 3.03. The Kier molecular flexibility index (Phi) is 4.96. The van der Waals surface area contributed by atoms with Crippen LogP contribution >= 0.6 is 0 Å². The molecule has 0 aliphatic carbocycles. The average molecular weight is 308 g/mol. The number of amides is 1. The molecule has 1 aliphatic heterocycles. The molecule has 1 unspecified atom stereocenters. The maximum Gasteiger partial charge on any atom is 0.223 e. The van der Waals surface area contributed by atoms with Gasteiger partial charge in [0.05, 0.1) is 0 Å². The summed E-state index contributed by atoms with van der Waals surface area (Å²) in [6.07, 6.45) is 4.43. The zero-order chi connectivity index (χ0) is 16.1. The molecular weight excluding hydrogens is 284 g/mol. The molecule has 2 aromatic carbocycles. The predicted molar refractivity (Wildman–Crippen MR) is 94.1 cm³/mol. The molecule has 0 aromatic heterocycles. The molecule has 1 atom stereocenters. The monoisotopic (exact) mass is 308 g/mol. The topological polar surface area (TPSA) is 46.3 Å². The minimum Gasteiger partial charge on any atom is -0.399 e. The molecular formula is C20H24N2O. The largest absolute Gasteiger partial charge is 0.399 e. The fraction of sp³-hybridized carbons (Fsp3) is 0.350. The molecule has 23 heavy (non-hydrogen) atoms. The number of carbonyl (C=O) groups excluding carboxylic acids is 1. The SMILES string of the molecule is Nc1ccccc1CCC(=O)N1CCCC1Cc1ccccc1. The van der Waals surface area contributed by atoms with Crippen molar-refractivity contribution in [2.45, 2.75) is 38.1 Å². The zero-order valence-electron chi connectivity index (χ0n) is 13.4. The lowest BCUT2D eigenvalue weighted by Crippen LogP contribution is -2.36. The summed E-state index contributed by atoms with van der Waals surface area (Å²) in [4.78, 5) is 14.7. The van der Waals surface area contributed by atoms with Gasteiger partial charge in [0.15, 0.2) is 0 Å². The first-order chi connectivity index (χ1) is 11.2. The zero-order valence-corrected chi connectivity index (χ0v) is 13.4. The van der Waals surface area contributed by atoms with E-state index in [4.69, 9.17) is 5.73 Å². The molecule has 0 spiro atoms. The summed E-state index contributed by atoms with van der Waals surface area (Å²) >= 11 is 0. The van der Waals surface area contributed by atoms with Gasteiger partial charge in [0.1, 0.15) is 0 Å². The molecule has 1 aliphatic rings. The molecule has 1 amide bonds. The number of nitrogen functional groups attached to an aromatic ring is 1. The molecule has 120 valence electrons. The van der Waals surface area contributed by atoms with Crippen LogP contribution in [0.4, 0.5) is 5.69 Å². The van der Waals surface area contributed by atoms with Gasteiger partial charge in [-0.1, -0.05) is 48.5 Å². The molecule has 0 saturated carbocycles. The Labute approximate surface area is 138 Å². The second-order valence-electron chi connectivity index (χ2n) is 6.27. The molecule has 0 radical (unpaired) electrons. The van der Waals surface area contributed by atoms with Gasteiger partial charge >= 0.3 is 0 Å². The summed E-state index contributed by atoms with van der Waals surface area (Å²) in [6.45, 7) is 0.889. The van der Waals surface area contributed by atoms with Crippen LogP contribution in [-0.2, 0) is 17.6 Å². The molecule has 2 N–H and O–H groups in total. The summed E-state index contributed by atoms with van der Waals surface area (Å²) in [7, 11) is 0. The third-order valence-electron chi connectivity index (χ3n) is 4.67. The maximum absolute atomic E-state index is 12.6. The van der Waals surface area contributed by atoms with Crippen molar-refractivity contribution in [3.05, 3.63) is 65.7 Å². The normalized spacial score (nSPS) is 17.4. The highest BCUT2D eigenvalue weighted by Crippen LogP contribution is 2.23. The number of nitrogens with zero attached hydrogens (tertiary/aromatic N) is 1. The second-order valence-corrected chi connectivity index (χ2v) is 6.27. The van der Waals surface area contributed by atoms with E-state index in [1.54, 1.807) is 0 Å².